The number of anilines is 1. The average molecular weight is 505 g/mol. The van der Waals surface area contributed by atoms with Crippen LogP contribution in [0.1, 0.15) is 24.2 Å². The van der Waals surface area contributed by atoms with Crippen LogP contribution in [-0.2, 0) is 4.79 Å². The molecular formula is C28H26F2N4O3. The normalized spacial score (nSPS) is 10.9. The maximum Gasteiger partial charge on any atom is 0.254 e. The van der Waals surface area contributed by atoms with Gasteiger partial charge in [0.05, 0.1) is 12.8 Å². The molecule has 0 saturated heterocycles. The average Bonchev–Trinajstić information content (AvgIpc) is 3.31. The second kappa shape index (κ2) is 11.0. The van der Waals surface area contributed by atoms with Crippen molar-refractivity contribution < 1.29 is 23.1 Å². The molecule has 2 amide bonds. The molecule has 37 heavy (non-hydrogen) atoms. The van der Waals surface area contributed by atoms with Crippen LogP contribution in [0, 0.1) is 11.6 Å². The number of aromatic nitrogens is 2. The molecule has 0 radical (unpaired) electrons. The Hall–Kier alpha value is -4.53. The van der Waals surface area contributed by atoms with Gasteiger partial charge in [-0.25, -0.2) is 13.8 Å². The van der Waals surface area contributed by atoms with Gasteiger partial charge < -0.3 is 9.64 Å². The Morgan fingerprint density at radius 2 is 1.54 bits per heavy atom. The summed E-state index contributed by atoms with van der Waals surface area (Å²) in [6.07, 6.45) is 1.73. The molecular weight excluding hydrogens is 478 g/mol. The molecule has 0 bridgehead atoms. The van der Waals surface area contributed by atoms with Crippen molar-refractivity contribution in [1.82, 2.24) is 14.5 Å². The van der Waals surface area contributed by atoms with Gasteiger partial charge in [-0.1, -0.05) is 0 Å². The van der Waals surface area contributed by atoms with E-state index in [9.17, 15) is 18.4 Å². The van der Waals surface area contributed by atoms with Gasteiger partial charge in [0.25, 0.3) is 5.91 Å². The highest BCUT2D eigenvalue weighted by atomic mass is 19.1. The molecule has 3 aromatic carbocycles. The number of hydrogen-bond acceptors (Lipinski definition) is 4. The van der Waals surface area contributed by atoms with Crippen LogP contribution >= 0.6 is 0 Å². The van der Waals surface area contributed by atoms with Crippen LogP contribution in [0.2, 0.25) is 0 Å². The van der Waals surface area contributed by atoms with Crippen LogP contribution < -0.4 is 10.1 Å². The lowest BCUT2D eigenvalue weighted by atomic mass is 10.1. The van der Waals surface area contributed by atoms with Crippen molar-refractivity contribution in [2.75, 3.05) is 19.0 Å². The van der Waals surface area contributed by atoms with Gasteiger partial charge in [0.1, 0.15) is 23.9 Å². The molecule has 1 N–H and O–H groups in total. The van der Waals surface area contributed by atoms with Gasteiger partial charge in [0.15, 0.2) is 0 Å². The van der Waals surface area contributed by atoms with Crippen LogP contribution in [0.4, 0.5) is 14.7 Å². The molecule has 0 fully saturated rings. The van der Waals surface area contributed by atoms with E-state index < -0.39 is 23.4 Å². The van der Waals surface area contributed by atoms with E-state index in [0.29, 0.717) is 17.1 Å². The Labute approximate surface area is 213 Å². The van der Waals surface area contributed by atoms with E-state index in [2.05, 4.69) is 10.3 Å². The summed E-state index contributed by atoms with van der Waals surface area (Å²) in [5.41, 5.74) is 2.22. The molecule has 4 aromatic rings. The van der Waals surface area contributed by atoms with Crippen LogP contribution in [0.25, 0.3) is 16.9 Å². The number of methoxy groups -OCH3 is 1. The minimum atomic E-state index is -0.473. The Balaban J connectivity index is 1.61. The summed E-state index contributed by atoms with van der Waals surface area (Å²) in [6, 6.07) is 17.9. The summed E-state index contributed by atoms with van der Waals surface area (Å²) in [5.74, 6) is -0.817. The number of ether oxygens (including phenoxy) is 1. The number of halogens is 2. The van der Waals surface area contributed by atoms with Crippen molar-refractivity contribution in [3.05, 3.63) is 96.2 Å². The van der Waals surface area contributed by atoms with Gasteiger partial charge in [0, 0.05) is 29.1 Å². The van der Waals surface area contributed by atoms with E-state index in [1.807, 2.05) is 12.1 Å². The fourth-order valence-corrected chi connectivity index (χ4v) is 3.73. The molecule has 0 atom stereocenters. The maximum atomic E-state index is 13.5. The minimum absolute atomic E-state index is 0.209. The molecule has 0 spiro atoms. The van der Waals surface area contributed by atoms with E-state index in [4.69, 9.17) is 4.74 Å². The zero-order valence-corrected chi connectivity index (χ0v) is 20.6. The molecule has 0 aliphatic heterocycles. The van der Waals surface area contributed by atoms with E-state index in [-0.39, 0.29) is 24.1 Å². The van der Waals surface area contributed by atoms with Gasteiger partial charge in [-0.3, -0.25) is 19.5 Å². The van der Waals surface area contributed by atoms with Gasteiger partial charge in [-0.2, -0.15) is 0 Å². The van der Waals surface area contributed by atoms with Gasteiger partial charge in [-0.15, -0.1) is 0 Å². The smallest absolute Gasteiger partial charge is 0.254 e. The van der Waals surface area contributed by atoms with E-state index in [1.165, 1.54) is 41.3 Å². The Kier molecular flexibility index (Phi) is 7.62. The molecule has 0 unspecified atom stereocenters. The molecule has 1 aromatic heterocycles. The quantitative estimate of drug-likeness (QED) is 0.353. The number of nitrogens with zero attached hydrogens (tertiary/aromatic N) is 3. The third-order valence-electron chi connectivity index (χ3n) is 5.74. The van der Waals surface area contributed by atoms with Crippen molar-refractivity contribution in [3.63, 3.8) is 0 Å². The summed E-state index contributed by atoms with van der Waals surface area (Å²) in [7, 11) is 1.58. The summed E-state index contributed by atoms with van der Waals surface area (Å²) >= 11 is 0. The third-order valence-corrected chi connectivity index (χ3v) is 5.74. The van der Waals surface area contributed by atoms with E-state index in [0.717, 1.165) is 5.56 Å². The lowest BCUT2D eigenvalue weighted by molar-refractivity contribution is -0.117. The number of benzene rings is 3. The second-order valence-corrected chi connectivity index (χ2v) is 8.61. The standard InChI is InChI=1S/C28H26F2N4O3/c1-18(2)33(27(36)20-4-8-21(29)9-5-20)17-26(35)32-28-31-25(19-6-14-24(37-3)15-7-19)16-34(28)23-12-10-22(30)11-13-23/h4-16,18H,17H2,1-3H3,(H,31,32,35). The lowest BCUT2D eigenvalue weighted by Gasteiger charge is -2.26. The number of rotatable bonds is 8. The van der Waals surface area contributed by atoms with Gasteiger partial charge >= 0.3 is 0 Å². The Bertz CT molecular complexity index is 1380. The van der Waals surface area contributed by atoms with Crippen LogP contribution in [0.15, 0.2) is 79.0 Å². The first kappa shape index (κ1) is 25.6. The van der Waals surface area contributed by atoms with Crippen LogP contribution in [0.3, 0.4) is 0 Å². The van der Waals surface area contributed by atoms with Gasteiger partial charge in [-0.05, 0) is 86.6 Å². The molecule has 1 heterocycles. The highest BCUT2D eigenvalue weighted by molar-refractivity contribution is 5.99. The summed E-state index contributed by atoms with van der Waals surface area (Å²) in [5, 5.41) is 2.78. The Morgan fingerprint density at radius 1 is 0.946 bits per heavy atom. The van der Waals surface area contributed by atoms with Crippen molar-refractivity contribution in [3.8, 4) is 22.7 Å². The molecule has 0 aliphatic rings. The number of imidazole rings is 1. The summed E-state index contributed by atoms with van der Waals surface area (Å²) < 4.78 is 33.7. The lowest BCUT2D eigenvalue weighted by Crippen LogP contribution is -2.42. The number of nitrogens with one attached hydrogen (secondary N) is 1. The van der Waals surface area contributed by atoms with Crippen molar-refractivity contribution in [2.24, 2.45) is 0 Å². The summed E-state index contributed by atoms with van der Waals surface area (Å²) in [4.78, 5) is 32.1. The largest absolute Gasteiger partial charge is 0.497 e. The van der Waals surface area contributed by atoms with Crippen molar-refractivity contribution in [2.45, 2.75) is 19.9 Å². The number of carbonyl (C=O) groups excluding carboxylic acids is 2. The molecule has 0 aliphatic carbocycles. The monoisotopic (exact) mass is 504 g/mol. The number of carbonyl (C=O) groups is 2. The molecule has 190 valence electrons. The fraction of sp³-hybridized carbons (Fsp3) is 0.179. The number of hydrogen-bond donors (Lipinski definition) is 1. The first-order valence-electron chi connectivity index (χ1n) is 11.6. The van der Waals surface area contributed by atoms with Crippen LogP contribution in [0.5, 0.6) is 5.75 Å². The zero-order valence-electron chi connectivity index (χ0n) is 20.6. The molecule has 0 saturated carbocycles. The minimum Gasteiger partial charge on any atom is -0.497 e. The first-order chi connectivity index (χ1) is 17.7. The predicted molar refractivity (Wildman–Crippen MR) is 137 cm³/mol. The second-order valence-electron chi connectivity index (χ2n) is 8.61. The fourth-order valence-electron chi connectivity index (χ4n) is 3.73. The molecule has 9 heteroatoms. The van der Waals surface area contributed by atoms with Crippen molar-refractivity contribution in [1.29, 1.82) is 0 Å². The predicted octanol–water partition coefficient (Wildman–Crippen LogP) is 5.32. The Morgan fingerprint density at radius 3 is 2.11 bits per heavy atom. The highest BCUT2D eigenvalue weighted by Gasteiger charge is 2.23. The highest BCUT2D eigenvalue weighted by Crippen LogP contribution is 2.26. The molecule has 7 nitrogen and oxygen atoms in total. The topological polar surface area (TPSA) is 76.5 Å². The van der Waals surface area contributed by atoms with E-state index in [1.54, 1.807) is 56.0 Å². The number of amides is 2. The van der Waals surface area contributed by atoms with E-state index >= 15 is 0 Å². The van der Waals surface area contributed by atoms with Crippen molar-refractivity contribution >= 4 is 17.8 Å². The van der Waals surface area contributed by atoms with Gasteiger partial charge in [0.2, 0.25) is 11.9 Å². The first-order valence-corrected chi connectivity index (χ1v) is 11.6. The SMILES string of the molecule is COc1ccc(-c2cn(-c3ccc(F)cc3)c(NC(=O)CN(C(=O)c3ccc(F)cc3)C(C)C)n2)cc1. The zero-order chi connectivity index (χ0) is 26.5. The van der Waals surface area contributed by atoms with Crippen LogP contribution in [-0.4, -0.2) is 46.0 Å². The third kappa shape index (κ3) is 6.00. The maximum absolute atomic E-state index is 13.5. The summed E-state index contributed by atoms with van der Waals surface area (Å²) in [6.45, 7) is 3.33. The molecule has 4 rings (SSSR count).